The van der Waals surface area contributed by atoms with Crippen LogP contribution in [0.4, 0.5) is 0 Å². The van der Waals surface area contributed by atoms with Crippen molar-refractivity contribution in [3.8, 4) is 0 Å². The van der Waals surface area contributed by atoms with E-state index in [9.17, 15) is 4.79 Å². The summed E-state index contributed by atoms with van der Waals surface area (Å²) in [6.07, 6.45) is 6.68. The number of carbonyl (C=O) groups is 1. The van der Waals surface area contributed by atoms with Crippen molar-refractivity contribution < 1.29 is 4.79 Å². The van der Waals surface area contributed by atoms with Crippen LogP contribution in [0.3, 0.4) is 0 Å². The quantitative estimate of drug-likeness (QED) is 0.660. The van der Waals surface area contributed by atoms with Gasteiger partial charge in [0.15, 0.2) is 0 Å². The molecule has 18 heavy (non-hydrogen) atoms. The van der Waals surface area contributed by atoms with E-state index in [0.717, 1.165) is 4.88 Å². The van der Waals surface area contributed by atoms with E-state index in [1.54, 1.807) is 17.6 Å². The van der Waals surface area contributed by atoms with Crippen molar-refractivity contribution >= 4 is 23.5 Å². The summed E-state index contributed by atoms with van der Waals surface area (Å²) in [6, 6.07) is 3.96. The second-order valence-corrected chi connectivity index (χ2v) is 6.56. The number of nitrogens with one attached hydrogen (secondary N) is 1. The highest BCUT2D eigenvalue weighted by atomic mass is 32.1. The molecule has 1 aromatic heterocycles. The normalized spacial score (nSPS) is 34.3. The van der Waals surface area contributed by atoms with Crippen LogP contribution in [-0.4, -0.2) is 12.1 Å². The molecule has 3 atom stereocenters. The van der Waals surface area contributed by atoms with Crippen molar-refractivity contribution in [3.05, 3.63) is 22.4 Å². The van der Waals surface area contributed by atoms with Crippen LogP contribution in [0.1, 0.15) is 37.5 Å². The largest absolute Gasteiger partial charge is 0.273 e. The molecule has 0 bridgehead atoms. The lowest BCUT2D eigenvalue weighted by atomic mass is 9.90. The SMILES string of the molecule is C[C@]12CCCC[C@H]1[C@H]2C(=O)N/N=C/c1cccs1. The number of hydrogen-bond donors (Lipinski definition) is 1. The Hall–Kier alpha value is -1.16. The summed E-state index contributed by atoms with van der Waals surface area (Å²) in [7, 11) is 0. The summed E-state index contributed by atoms with van der Waals surface area (Å²) in [6.45, 7) is 2.25. The summed E-state index contributed by atoms with van der Waals surface area (Å²) in [5.41, 5.74) is 2.97. The van der Waals surface area contributed by atoms with Crippen LogP contribution in [0.15, 0.2) is 22.6 Å². The van der Waals surface area contributed by atoms with Gasteiger partial charge in [0.1, 0.15) is 0 Å². The molecule has 0 radical (unpaired) electrons. The van der Waals surface area contributed by atoms with Gasteiger partial charge in [-0.25, -0.2) is 5.43 Å². The molecule has 0 saturated heterocycles. The highest BCUT2D eigenvalue weighted by Gasteiger charge is 2.64. The Bertz CT molecular complexity index is 468. The smallest absolute Gasteiger partial charge is 0.244 e. The van der Waals surface area contributed by atoms with Crippen LogP contribution in [0.2, 0.25) is 0 Å². The molecule has 1 aromatic rings. The summed E-state index contributed by atoms with van der Waals surface area (Å²) in [5, 5.41) is 6.05. The molecule has 1 heterocycles. The van der Waals surface area contributed by atoms with Gasteiger partial charge in [-0.3, -0.25) is 4.79 Å². The molecule has 0 aliphatic heterocycles. The fraction of sp³-hybridized carbons (Fsp3) is 0.571. The Kier molecular flexibility index (Phi) is 2.98. The third-order valence-electron chi connectivity index (χ3n) is 4.52. The zero-order valence-corrected chi connectivity index (χ0v) is 11.4. The van der Waals surface area contributed by atoms with E-state index in [1.165, 1.54) is 25.7 Å². The van der Waals surface area contributed by atoms with E-state index in [1.807, 2.05) is 17.5 Å². The van der Waals surface area contributed by atoms with E-state index in [-0.39, 0.29) is 17.2 Å². The molecule has 0 spiro atoms. The van der Waals surface area contributed by atoms with Crippen molar-refractivity contribution in [1.82, 2.24) is 5.43 Å². The molecule has 2 fully saturated rings. The van der Waals surface area contributed by atoms with Crippen LogP contribution in [-0.2, 0) is 4.79 Å². The van der Waals surface area contributed by atoms with Crippen molar-refractivity contribution in [1.29, 1.82) is 0 Å². The molecule has 1 amide bonds. The zero-order valence-electron chi connectivity index (χ0n) is 10.6. The van der Waals surface area contributed by atoms with Crippen LogP contribution < -0.4 is 5.43 Å². The van der Waals surface area contributed by atoms with E-state index < -0.39 is 0 Å². The number of amides is 1. The van der Waals surface area contributed by atoms with Crippen LogP contribution in [0.5, 0.6) is 0 Å². The van der Waals surface area contributed by atoms with Gasteiger partial charge in [-0.05, 0) is 35.6 Å². The Balaban J connectivity index is 1.57. The van der Waals surface area contributed by atoms with Gasteiger partial charge in [-0.2, -0.15) is 5.10 Å². The number of carbonyl (C=O) groups excluding carboxylic acids is 1. The predicted octanol–water partition coefficient (Wildman–Crippen LogP) is 3.02. The Morgan fingerprint density at radius 2 is 2.50 bits per heavy atom. The molecule has 3 rings (SSSR count). The maximum Gasteiger partial charge on any atom is 0.244 e. The van der Waals surface area contributed by atoms with Crippen molar-refractivity contribution in [2.75, 3.05) is 0 Å². The fourth-order valence-electron chi connectivity index (χ4n) is 3.44. The Morgan fingerprint density at radius 1 is 1.61 bits per heavy atom. The highest BCUT2D eigenvalue weighted by Crippen LogP contribution is 2.66. The zero-order chi connectivity index (χ0) is 12.6. The first-order valence-electron chi connectivity index (χ1n) is 6.58. The first kappa shape index (κ1) is 11.9. The standard InChI is InChI=1S/C14H18N2OS/c1-14-7-3-2-6-11(14)12(14)13(17)16-15-9-10-5-4-8-18-10/h4-5,8-9,11-12H,2-3,6-7H2,1H3,(H,16,17)/b15-9+/t11-,12-,14-/m0/s1. The molecule has 0 aromatic carbocycles. The molecule has 1 N–H and O–H groups in total. The minimum absolute atomic E-state index is 0.109. The van der Waals surface area contributed by atoms with Gasteiger partial charge in [0, 0.05) is 10.8 Å². The van der Waals surface area contributed by atoms with E-state index in [4.69, 9.17) is 0 Å². The molecule has 2 aliphatic rings. The molecule has 4 heteroatoms. The monoisotopic (exact) mass is 262 g/mol. The second kappa shape index (κ2) is 4.50. The van der Waals surface area contributed by atoms with Gasteiger partial charge in [-0.1, -0.05) is 25.8 Å². The second-order valence-electron chi connectivity index (χ2n) is 5.59. The first-order chi connectivity index (χ1) is 8.72. The van der Waals surface area contributed by atoms with Gasteiger partial charge in [0.05, 0.1) is 6.21 Å². The molecule has 96 valence electrons. The van der Waals surface area contributed by atoms with E-state index in [2.05, 4.69) is 17.5 Å². The van der Waals surface area contributed by atoms with Gasteiger partial charge in [0.2, 0.25) is 5.91 Å². The number of fused-ring (bicyclic) bond motifs is 1. The number of nitrogens with zero attached hydrogens (tertiary/aromatic N) is 1. The minimum Gasteiger partial charge on any atom is -0.273 e. The summed E-state index contributed by atoms with van der Waals surface area (Å²) < 4.78 is 0. The van der Waals surface area contributed by atoms with Crippen LogP contribution in [0, 0.1) is 17.3 Å². The minimum atomic E-state index is 0.109. The van der Waals surface area contributed by atoms with Crippen molar-refractivity contribution in [2.24, 2.45) is 22.4 Å². The lowest BCUT2D eigenvalue weighted by Crippen LogP contribution is -2.22. The number of hydrazone groups is 1. The fourth-order valence-corrected chi connectivity index (χ4v) is 4.03. The maximum absolute atomic E-state index is 12.1. The summed E-state index contributed by atoms with van der Waals surface area (Å²) in [5.74, 6) is 0.904. The lowest BCUT2D eigenvalue weighted by molar-refractivity contribution is -0.123. The lowest BCUT2D eigenvalue weighted by Gasteiger charge is -2.15. The number of thiophene rings is 1. The molecule has 3 nitrogen and oxygen atoms in total. The Morgan fingerprint density at radius 3 is 3.17 bits per heavy atom. The molecular formula is C14H18N2OS. The average Bonchev–Trinajstić information content (AvgIpc) is 2.71. The van der Waals surface area contributed by atoms with E-state index in [0.29, 0.717) is 5.92 Å². The average molecular weight is 262 g/mol. The van der Waals surface area contributed by atoms with Gasteiger partial charge < -0.3 is 0 Å². The van der Waals surface area contributed by atoms with Gasteiger partial charge >= 0.3 is 0 Å². The first-order valence-corrected chi connectivity index (χ1v) is 7.46. The third-order valence-corrected chi connectivity index (χ3v) is 5.33. The Labute approximate surface area is 111 Å². The highest BCUT2D eigenvalue weighted by molar-refractivity contribution is 7.11. The molecule has 2 aliphatic carbocycles. The topological polar surface area (TPSA) is 41.5 Å². The maximum atomic E-state index is 12.1. The number of rotatable bonds is 3. The van der Waals surface area contributed by atoms with Crippen molar-refractivity contribution in [2.45, 2.75) is 32.6 Å². The van der Waals surface area contributed by atoms with Gasteiger partial charge in [0.25, 0.3) is 0 Å². The molecule has 2 saturated carbocycles. The third kappa shape index (κ3) is 1.99. The van der Waals surface area contributed by atoms with Crippen molar-refractivity contribution in [3.63, 3.8) is 0 Å². The van der Waals surface area contributed by atoms with Crippen LogP contribution in [0.25, 0.3) is 0 Å². The van der Waals surface area contributed by atoms with Crippen LogP contribution >= 0.6 is 11.3 Å². The number of hydrogen-bond acceptors (Lipinski definition) is 3. The molecule has 0 unspecified atom stereocenters. The summed E-state index contributed by atoms with van der Waals surface area (Å²) >= 11 is 1.62. The molecular weight excluding hydrogens is 244 g/mol. The summed E-state index contributed by atoms with van der Waals surface area (Å²) in [4.78, 5) is 13.1. The van der Waals surface area contributed by atoms with E-state index >= 15 is 0 Å². The predicted molar refractivity (Wildman–Crippen MR) is 73.6 cm³/mol. The van der Waals surface area contributed by atoms with Gasteiger partial charge in [-0.15, -0.1) is 11.3 Å².